The van der Waals surface area contributed by atoms with Gasteiger partial charge in [-0.1, -0.05) is 30.3 Å². The summed E-state index contributed by atoms with van der Waals surface area (Å²) in [5.74, 6) is -1.32. The van der Waals surface area contributed by atoms with Gasteiger partial charge in [0.1, 0.15) is 12.8 Å². The number of aliphatic hydroxyl groups is 1. The number of amides is 2. The lowest BCUT2D eigenvalue weighted by atomic mass is 10.1. The topological polar surface area (TPSA) is 152 Å². The maximum Gasteiger partial charge on any atom is 0.323 e. The summed E-state index contributed by atoms with van der Waals surface area (Å²) in [6.45, 7) is 0.546. The molecule has 1 aromatic rings. The Morgan fingerprint density at radius 1 is 1.23 bits per heavy atom. The number of esters is 1. The lowest BCUT2D eigenvalue weighted by molar-refractivity contribution is -0.147. The van der Waals surface area contributed by atoms with Gasteiger partial charge in [0.15, 0.2) is 0 Å². The van der Waals surface area contributed by atoms with Gasteiger partial charge in [-0.15, -0.1) is 0 Å². The molecule has 1 saturated heterocycles. The van der Waals surface area contributed by atoms with Gasteiger partial charge in [-0.05, 0) is 18.4 Å². The first-order chi connectivity index (χ1) is 14.5. The molecular weight excluding hydrogens is 392 g/mol. The van der Waals surface area contributed by atoms with E-state index >= 15 is 0 Å². The lowest BCUT2D eigenvalue weighted by Gasteiger charge is -2.19. The van der Waals surface area contributed by atoms with Crippen molar-refractivity contribution in [2.24, 2.45) is 11.7 Å². The molecule has 1 aliphatic heterocycles. The van der Waals surface area contributed by atoms with Crippen molar-refractivity contribution in [3.63, 3.8) is 0 Å². The van der Waals surface area contributed by atoms with Crippen LogP contribution in [-0.4, -0.2) is 68.2 Å². The van der Waals surface area contributed by atoms with Crippen molar-refractivity contribution in [1.82, 2.24) is 16.0 Å². The number of rotatable bonds is 12. The van der Waals surface area contributed by atoms with Gasteiger partial charge in [-0.25, -0.2) is 0 Å². The van der Waals surface area contributed by atoms with Crippen molar-refractivity contribution >= 4 is 17.8 Å². The fourth-order valence-electron chi connectivity index (χ4n) is 2.96. The molecule has 1 aliphatic rings. The monoisotopic (exact) mass is 422 g/mol. The van der Waals surface area contributed by atoms with E-state index in [2.05, 4.69) is 16.0 Å². The summed E-state index contributed by atoms with van der Waals surface area (Å²) in [5, 5.41) is 16.7. The average Bonchev–Trinajstić information content (AvgIpc) is 3.28. The molecule has 2 amide bonds. The fraction of sp³-hybridized carbons (Fsp3) is 0.550. The Bertz CT molecular complexity index is 681. The number of hydrogen-bond donors (Lipinski definition) is 5. The van der Waals surface area contributed by atoms with Crippen molar-refractivity contribution in [2.45, 2.75) is 31.3 Å². The van der Waals surface area contributed by atoms with Crippen LogP contribution in [0.4, 0.5) is 0 Å². The van der Waals surface area contributed by atoms with E-state index < -0.39 is 30.7 Å². The van der Waals surface area contributed by atoms with Crippen molar-refractivity contribution in [3.8, 4) is 0 Å². The first-order valence-corrected chi connectivity index (χ1v) is 9.94. The predicted molar refractivity (Wildman–Crippen MR) is 108 cm³/mol. The van der Waals surface area contributed by atoms with E-state index in [9.17, 15) is 14.4 Å². The van der Waals surface area contributed by atoms with Crippen LogP contribution in [0.1, 0.15) is 18.4 Å². The van der Waals surface area contributed by atoms with Gasteiger partial charge in [-0.3, -0.25) is 19.7 Å². The number of nitrogens with one attached hydrogen (secondary N) is 3. The molecule has 0 aromatic heterocycles. The molecule has 0 spiro atoms. The predicted octanol–water partition coefficient (Wildman–Crippen LogP) is -1.38. The molecule has 6 N–H and O–H groups in total. The Hall–Kier alpha value is -2.53. The minimum atomic E-state index is -0.890. The van der Waals surface area contributed by atoms with Crippen LogP contribution in [0.25, 0.3) is 0 Å². The first-order valence-electron chi connectivity index (χ1n) is 9.94. The highest BCUT2D eigenvalue weighted by molar-refractivity contribution is 5.81. The van der Waals surface area contributed by atoms with Crippen LogP contribution >= 0.6 is 0 Å². The zero-order chi connectivity index (χ0) is 21.8. The van der Waals surface area contributed by atoms with E-state index in [1.165, 1.54) is 0 Å². The van der Waals surface area contributed by atoms with Crippen LogP contribution in [-0.2, 0) is 30.3 Å². The summed E-state index contributed by atoms with van der Waals surface area (Å²) in [6.07, 6.45) is 1.18. The highest BCUT2D eigenvalue weighted by Gasteiger charge is 2.25. The molecule has 30 heavy (non-hydrogen) atoms. The molecule has 10 nitrogen and oxygen atoms in total. The summed E-state index contributed by atoms with van der Waals surface area (Å²) in [7, 11) is 0. The van der Waals surface area contributed by atoms with Gasteiger partial charge in [-0.2, -0.15) is 0 Å². The molecule has 0 saturated carbocycles. The minimum Gasteiger partial charge on any atom is -0.464 e. The maximum absolute atomic E-state index is 12.6. The highest BCUT2D eigenvalue weighted by Crippen LogP contribution is 2.11. The fourth-order valence-corrected chi connectivity index (χ4v) is 2.96. The Kier molecular flexibility index (Phi) is 10.2. The molecular formula is C20H30N4O6. The first kappa shape index (κ1) is 23.7. The number of carbonyl (C=O) groups is 3. The zero-order valence-electron chi connectivity index (χ0n) is 16.8. The third-order valence-electron chi connectivity index (χ3n) is 4.74. The molecule has 1 heterocycles. The number of ether oxygens (including phenoxy) is 2. The maximum atomic E-state index is 12.6. The minimum absolute atomic E-state index is 0.0441. The van der Waals surface area contributed by atoms with Gasteiger partial charge >= 0.3 is 5.97 Å². The molecule has 2 rings (SSSR count). The van der Waals surface area contributed by atoms with Crippen molar-refractivity contribution in [1.29, 1.82) is 0 Å². The molecule has 10 heteroatoms. The van der Waals surface area contributed by atoms with Crippen LogP contribution in [0.5, 0.6) is 0 Å². The molecule has 1 aromatic carbocycles. The molecule has 0 bridgehead atoms. The molecule has 0 radical (unpaired) electrons. The Labute approximate surface area is 175 Å². The van der Waals surface area contributed by atoms with Gasteiger partial charge in [0.2, 0.25) is 11.8 Å². The quantitative estimate of drug-likeness (QED) is 0.204. The van der Waals surface area contributed by atoms with Crippen LogP contribution < -0.4 is 21.7 Å². The van der Waals surface area contributed by atoms with Gasteiger partial charge in [0, 0.05) is 13.0 Å². The summed E-state index contributed by atoms with van der Waals surface area (Å²) in [6, 6.07) is 7.84. The van der Waals surface area contributed by atoms with Gasteiger partial charge < -0.3 is 30.9 Å². The number of aliphatic hydroxyl groups excluding tert-OH is 1. The highest BCUT2D eigenvalue weighted by atomic mass is 16.5. The number of hydrogen-bond acceptors (Lipinski definition) is 8. The van der Waals surface area contributed by atoms with E-state index in [1.54, 1.807) is 0 Å². The van der Waals surface area contributed by atoms with Gasteiger partial charge in [0.25, 0.3) is 0 Å². The Morgan fingerprint density at radius 2 is 2.00 bits per heavy atom. The van der Waals surface area contributed by atoms with Crippen molar-refractivity contribution in [2.75, 3.05) is 33.2 Å². The smallest absolute Gasteiger partial charge is 0.323 e. The lowest BCUT2D eigenvalue weighted by Crippen LogP contribution is -2.47. The van der Waals surface area contributed by atoms with E-state index in [0.717, 1.165) is 5.56 Å². The number of benzene rings is 1. The van der Waals surface area contributed by atoms with Crippen LogP contribution in [0.3, 0.4) is 0 Å². The zero-order valence-corrected chi connectivity index (χ0v) is 16.8. The largest absolute Gasteiger partial charge is 0.464 e. The Balaban J connectivity index is 1.84. The molecule has 166 valence electrons. The van der Waals surface area contributed by atoms with E-state index in [4.69, 9.17) is 20.3 Å². The second kappa shape index (κ2) is 12.9. The molecule has 3 atom stereocenters. The average molecular weight is 422 g/mol. The third kappa shape index (κ3) is 8.07. The standard InChI is InChI=1S/C20H30N4O6/c21-16(19(27)24-13-25)7-9-30-20(28)17(10-14-4-2-1-3-5-14)22-12-23-18(26)15-6-8-29-11-15/h1-5,15-17,22,25H,6-13,21H2,(H,23,26)(H,24,27)/t15-,16+,17+/m1/s1. The molecule has 0 aliphatic carbocycles. The number of carbonyl (C=O) groups excluding carboxylic acids is 3. The summed E-state index contributed by atoms with van der Waals surface area (Å²) >= 11 is 0. The Morgan fingerprint density at radius 3 is 2.67 bits per heavy atom. The second-order valence-electron chi connectivity index (χ2n) is 6.99. The third-order valence-corrected chi connectivity index (χ3v) is 4.74. The van der Waals surface area contributed by atoms with Crippen LogP contribution in [0.15, 0.2) is 30.3 Å². The van der Waals surface area contributed by atoms with Crippen LogP contribution in [0.2, 0.25) is 0 Å². The SMILES string of the molecule is N[C@@H](CCOC(=O)[C@H](Cc1ccccc1)NCNC(=O)[C@@H]1CCOC1)C(=O)NCO. The van der Waals surface area contributed by atoms with Crippen molar-refractivity contribution < 1.29 is 29.0 Å². The van der Waals surface area contributed by atoms with E-state index in [0.29, 0.717) is 26.1 Å². The van der Waals surface area contributed by atoms with Gasteiger partial charge in [0.05, 0.1) is 31.8 Å². The molecule has 1 fully saturated rings. The second-order valence-corrected chi connectivity index (χ2v) is 6.99. The summed E-state index contributed by atoms with van der Waals surface area (Å²) in [4.78, 5) is 36.2. The normalized spacial score (nSPS) is 17.7. The van der Waals surface area contributed by atoms with Crippen LogP contribution in [0, 0.1) is 5.92 Å². The molecule has 0 unspecified atom stereocenters. The summed E-state index contributed by atoms with van der Waals surface area (Å²) < 4.78 is 10.5. The number of nitrogens with two attached hydrogens (primary N) is 1. The van der Waals surface area contributed by atoms with E-state index in [1.807, 2.05) is 30.3 Å². The van der Waals surface area contributed by atoms with E-state index in [-0.39, 0.29) is 31.5 Å². The summed E-state index contributed by atoms with van der Waals surface area (Å²) in [5.41, 5.74) is 6.61. The van der Waals surface area contributed by atoms with Crippen molar-refractivity contribution in [3.05, 3.63) is 35.9 Å².